The standard InChI is InChI=1S/C26H32Cl2N2O3/c1-17-13-22(14-18(2)25(17)28)33-16-24(31)30(15-20-9-7-8-12-23(20)27)19(3)26(32)29-21-10-5-4-6-11-21/h7-9,12-14,19,21H,4-6,10-11,15-16H2,1-3H3,(H,29,32)/t19-/m0/s1. The lowest BCUT2D eigenvalue weighted by atomic mass is 9.95. The number of halogens is 2. The zero-order valence-electron chi connectivity index (χ0n) is 19.5. The Morgan fingerprint density at radius 3 is 2.36 bits per heavy atom. The molecule has 0 saturated heterocycles. The minimum absolute atomic E-state index is 0.152. The molecule has 178 valence electrons. The van der Waals surface area contributed by atoms with Gasteiger partial charge in [0.15, 0.2) is 6.61 Å². The molecule has 7 heteroatoms. The summed E-state index contributed by atoms with van der Waals surface area (Å²) in [4.78, 5) is 27.8. The van der Waals surface area contributed by atoms with Crippen molar-refractivity contribution >= 4 is 35.0 Å². The molecule has 1 saturated carbocycles. The van der Waals surface area contributed by atoms with Gasteiger partial charge in [0, 0.05) is 22.6 Å². The largest absolute Gasteiger partial charge is 0.484 e. The number of amides is 2. The van der Waals surface area contributed by atoms with Gasteiger partial charge in [-0.05, 0) is 68.5 Å². The highest BCUT2D eigenvalue weighted by Gasteiger charge is 2.29. The zero-order valence-corrected chi connectivity index (χ0v) is 21.0. The molecular formula is C26H32Cl2N2O3. The summed E-state index contributed by atoms with van der Waals surface area (Å²) in [7, 11) is 0. The first kappa shape index (κ1) is 25.4. The highest BCUT2D eigenvalue weighted by atomic mass is 35.5. The Hall–Kier alpha value is -2.24. The van der Waals surface area contributed by atoms with E-state index in [0.717, 1.165) is 42.4 Å². The maximum atomic E-state index is 13.3. The fraction of sp³-hybridized carbons (Fsp3) is 0.462. The summed E-state index contributed by atoms with van der Waals surface area (Å²) in [5, 5.41) is 4.37. The van der Waals surface area contributed by atoms with Gasteiger partial charge in [-0.15, -0.1) is 0 Å². The van der Waals surface area contributed by atoms with E-state index in [1.54, 1.807) is 25.1 Å². The van der Waals surface area contributed by atoms with Crippen LogP contribution in [0, 0.1) is 13.8 Å². The van der Waals surface area contributed by atoms with E-state index in [1.807, 2.05) is 32.0 Å². The van der Waals surface area contributed by atoms with E-state index in [9.17, 15) is 9.59 Å². The Morgan fingerprint density at radius 2 is 1.73 bits per heavy atom. The summed E-state index contributed by atoms with van der Waals surface area (Å²) in [6.07, 6.45) is 5.41. The van der Waals surface area contributed by atoms with Crippen LogP contribution in [0.15, 0.2) is 36.4 Å². The predicted molar refractivity (Wildman–Crippen MR) is 133 cm³/mol. The average Bonchev–Trinajstić information content (AvgIpc) is 2.80. The molecule has 1 aliphatic rings. The van der Waals surface area contributed by atoms with Gasteiger partial charge in [0.05, 0.1) is 0 Å². The van der Waals surface area contributed by atoms with Crippen molar-refractivity contribution in [3.05, 3.63) is 63.1 Å². The van der Waals surface area contributed by atoms with Gasteiger partial charge in [0.1, 0.15) is 11.8 Å². The molecule has 2 aromatic rings. The SMILES string of the molecule is Cc1cc(OCC(=O)N(Cc2ccccc2Cl)[C@@H](C)C(=O)NC2CCCCC2)cc(C)c1Cl. The van der Waals surface area contributed by atoms with Crippen molar-refractivity contribution in [1.29, 1.82) is 0 Å². The molecule has 33 heavy (non-hydrogen) atoms. The number of ether oxygens (including phenoxy) is 1. The first-order valence-electron chi connectivity index (χ1n) is 11.5. The van der Waals surface area contributed by atoms with E-state index in [0.29, 0.717) is 15.8 Å². The van der Waals surface area contributed by atoms with Gasteiger partial charge in [-0.2, -0.15) is 0 Å². The topological polar surface area (TPSA) is 58.6 Å². The van der Waals surface area contributed by atoms with Crippen LogP contribution in [-0.2, 0) is 16.1 Å². The summed E-state index contributed by atoms with van der Waals surface area (Å²) >= 11 is 12.6. The van der Waals surface area contributed by atoms with Crippen molar-refractivity contribution in [1.82, 2.24) is 10.2 Å². The number of nitrogens with zero attached hydrogens (tertiary/aromatic N) is 1. The maximum Gasteiger partial charge on any atom is 0.261 e. The van der Waals surface area contributed by atoms with E-state index in [-0.39, 0.29) is 31.0 Å². The fourth-order valence-electron chi connectivity index (χ4n) is 4.18. The summed E-state index contributed by atoms with van der Waals surface area (Å²) in [5.41, 5.74) is 2.54. The molecule has 1 fully saturated rings. The number of hydrogen-bond donors (Lipinski definition) is 1. The number of benzene rings is 2. The summed E-state index contributed by atoms with van der Waals surface area (Å²) in [6, 6.07) is 10.5. The lowest BCUT2D eigenvalue weighted by molar-refractivity contribution is -0.142. The minimum Gasteiger partial charge on any atom is -0.484 e. The molecule has 0 spiro atoms. The van der Waals surface area contributed by atoms with Crippen molar-refractivity contribution in [3.8, 4) is 5.75 Å². The Morgan fingerprint density at radius 1 is 1.09 bits per heavy atom. The minimum atomic E-state index is -0.659. The highest BCUT2D eigenvalue weighted by Crippen LogP contribution is 2.26. The van der Waals surface area contributed by atoms with Gasteiger partial charge in [-0.25, -0.2) is 0 Å². The van der Waals surface area contributed by atoms with Crippen molar-refractivity contribution < 1.29 is 14.3 Å². The van der Waals surface area contributed by atoms with E-state index in [4.69, 9.17) is 27.9 Å². The average molecular weight is 491 g/mol. The second kappa shape index (κ2) is 11.8. The third-order valence-electron chi connectivity index (χ3n) is 6.19. The molecule has 0 radical (unpaired) electrons. The smallest absolute Gasteiger partial charge is 0.261 e. The fourth-order valence-corrected chi connectivity index (χ4v) is 4.48. The van der Waals surface area contributed by atoms with Gasteiger partial charge in [0.25, 0.3) is 5.91 Å². The Bertz CT molecular complexity index is 966. The van der Waals surface area contributed by atoms with Gasteiger partial charge >= 0.3 is 0 Å². The number of hydrogen-bond acceptors (Lipinski definition) is 3. The van der Waals surface area contributed by atoms with E-state index in [2.05, 4.69) is 5.32 Å². The van der Waals surface area contributed by atoms with Crippen LogP contribution in [0.1, 0.15) is 55.7 Å². The quantitative estimate of drug-likeness (QED) is 0.504. The molecule has 3 rings (SSSR count). The molecule has 2 amide bonds. The van der Waals surface area contributed by atoms with Crippen LogP contribution in [0.25, 0.3) is 0 Å². The van der Waals surface area contributed by atoms with Crippen molar-refractivity contribution in [2.45, 2.75) is 71.5 Å². The van der Waals surface area contributed by atoms with Crippen LogP contribution in [0.4, 0.5) is 0 Å². The predicted octanol–water partition coefficient (Wildman–Crippen LogP) is 5.86. The van der Waals surface area contributed by atoms with Gasteiger partial charge in [-0.3, -0.25) is 9.59 Å². The van der Waals surface area contributed by atoms with E-state index in [1.165, 1.54) is 11.3 Å². The zero-order chi connectivity index (χ0) is 24.0. The number of nitrogens with one attached hydrogen (secondary N) is 1. The third kappa shape index (κ3) is 6.87. The number of carbonyl (C=O) groups excluding carboxylic acids is 2. The molecule has 1 aliphatic carbocycles. The molecular weight excluding hydrogens is 459 g/mol. The Kier molecular flexibility index (Phi) is 9.04. The first-order valence-corrected chi connectivity index (χ1v) is 12.2. The lowest BCUT2D eigenvalue weighted by Gasteiger charge is -2.31. The Labute approximate surface area is 206 Å². The molecule has 0 aliphatic heterocycles. The van der Waals surface area contributed by atoms with Gasteiger partial charge in [-0.1, -0.05) is 60.7 Å². The third-order valence-corrected chi connectivity index (χ3v) is 7.15. The van der Waals surface area contributed by atoms with Crippen molar-refractivity contribution in [3.63, 3.8) is 0 Å². The van der Waals surface area contributed by atoms with Gasteiger partial charge in [0.2, 0.25) is 5.91 Å². The summed E-state index contributed by atoms with van der Waals surface area (Å²) in [5.74, 6) is 0.131. The number of carbonyl (C=O) groups is 2. The number of aryl methyl sites for hydroxylation is 2. The van der Waals surface area contributed by atoms with Crippen LogP contribution < -0.4 is 10.1 Å². The lowest BCUT2D eigenvalue weighted by Crippen LogP contribution is -2.51. The molecule has 0 heterocycles. The molecule has 5 nitrogen and oxygen atoms in total. The van der Waals surface area contributed by atoms with Crippen molar-refractivity contribution in [2.75, 3.05) is 6.61 Å². The summed E-state index contributed by atoms with van der Waals surface area (Å²) < 4.78 is 5.80. The van der Waals surface area contributed by atoms with Crippen LogP contribution in [0.3, 0.4) is 0 Å². The highest BCUT2D eigenvalue weighted by molar-refractivity contribution is 6.32. The van der Waals surface area contributed by atoms with Crippen LogP contribution in [-0.4, -0.2) is 35.4 Å². The van der Waals surface area contributed by atoms with Crippen LogP contribution in [0.2, 0.25) is 10.0 Å². The van der Waals surface area contributed by atoms with E-state index < -0.39 is 6.04 Å². The first-order chi connectivity index (χ1) is 15.8. The van der Waals surface area contributed by atoms with Crippen molar-refractivity contribution in [2.24, 2.45) is 0 Å². The van der Waals surface area contributed by atoms with Crippen LogP contribution in [0.5, 0.6) is 5.75 Å². The second-order valence-corrected chi connectivity index (χ2v) is 9.58. The molecule has 1 atom stereocenters. The molecule has 1 N–H and O–H groups in total. The molecule has 0 unspecified atom stereocenters. The molecule has 0 bridgehead atoms. The normalized spacial score (nSPS) is 15.1. The maximum absolute atomic E-state index is 13.3. The van der Waals surface area contributed by atoms with Crippen LogP contribution >= 0.6 is 23.2 Å². The summed E-state index contributed by atoms with van der Waals surface area (Å²) in [6.45, 7) is 5.58. The molecule has 2 aromatic carbocycles. The monoisotopic (exact) mass is 490 g/mol. The number of rotatable bonds is 8. The van der Waals surface area contributed by atoms with Gasteiger partial charge < -0.3 is 15.0 Å². The second-order valence-electron chi connectivity index (χ2n) is 8.79. The van der Waals surface area contributed by atoms with E-state index >= 15 is 0 Å². The Balaban J connectivity index is 1.74. The molecule has 0 aromatic heterocycles.